The van der Waals surface area contributed by atoms with E-state index in [4.69, 9.17) is 19.9 Å². The number of nitrogens with zero attached hydrogens (tertiary/aromatic N) is 4. The molecule has 10 nitrogen and oxygen atoms in total. The first-order valence-electron chi connectivity index (χ1n) is 10.2. The van der Waals surface area contributed by atoms with Crippen LogP contribution in [0, 0.1) is 0 Å². The summed E-state index contributed by atoms with van der Waals surface area (Å²) in [5.74, 6) is 1.33. The number of nitrogens with two attached hydrogens (primary N) is 1. The maximum Gasteiger partial charge on any atom is 0.327 e. The molecule has 3 rings (SSSR count). The highest BCUT2D eigenvalue weighted by atomic mass is 16.5. The molecule has 1 saturated carbocycles. The predicted octanol–water partition coefficient (Wildman–Crippen LogP) is 1.20. The molecule has 0 radical (unpaired) electrons. The lowest BCUT2D eigenvalue weighted by atomic mass is 9.89. The van der Waals surface area contributed by atoms with Crippen LogP contribution < -0.4 is 20.5 Å². The van der Waals surface area contributed by atoms with Crippen molar-refractivity contribution in [2.75, 3.05) is 20.8 Å². The van der Waals surface area contributed by atoms with Crippen LogP contribution >= 0.6 is 0 Å². The van der Waals surface area contributed by atoms with Crippen LogP contribution in [-0.2, 0) is 16.1 Å². The first-order chi connectivity index (χ1) is 14.6. The number of carbonyl (C=O) groups is 1. The molecule has 10 heteroatoms. The fraction of sp³-hybridized carbons (Fsp3) is 0.600. The molecule has 1 fully saturated rings. The molecule has 1 aromatic heterocycles. The Bertz CT molecular complexity index is 842. The van der Waals surface area contributed by atoms with Gasteiger partial charge in [0.25, 0.3) is 0 Å². The average Bonchev–Trinajstić information content (AvgIpc) is 3.20. The van der Waals surface area contributed by atoms with Crippen LogP contribution in [0.1, 0.15) is 50.0 Å². The Labute approximate surface area is 176 Å². The summed E-state index contributed by atoms with van der Waals surface area (Å²) in [5, 5.41) is 15.6. The average molecular weight is 418 g/mol. The third-order valence-electron chi connectivity index (χ3n) is 5.34. The second kappa shape index (κ2) is 10.4. The van der Waals surface area contributed by atoms with Gasteiger partial charge in [0.2, 0.25) is 0 Å². The largest absolute Gasteiger partial charge is 0.493 e. The molecule has 3 atom stereocenters. The molecular weight excluding hydrogens is 388 g/mol. The van der Waals surface area contributed by atoms with Crippen LogP contribution in [0.4, 0.5) is 0 Å². The molecule has 3 unspecified atom stereocenters. The van der Waals surface area contributed by atoms with Gasteiger partial charge in [-0.1, -0.05) is 18.9 Å². The molecule has 0 amide bonds. The molecule has 164 valence electrons. The Morgan fingerprint density at radius 1 is 1.27 bits per heavy atom. The lowest BCUT2D eigenvalue weighted by Gasteiger charge is -2.33. The number of nitrogens with one attached hydrogen (secondary N) is 1. The van der Waals surface area contributed by atoms with Crippen LogP contribution in [0.3, 0.4) is 0 Å². The number of ether oxygens (including phenoxy) is 3. The smallest absolute Gasteiger partial charge is 0.327 e. The van der Waals surface area contributed by atoms with Crippen molar-refractivity contribution in [1.29, 1.82) is 0 Å². The van der Waals surface area contributed by atoms with Gasteiger partial charge in [-0.3, -0.25) is 10.1 Å². The van der Waals surface area contributed by atoms with E-state index in [1.807, 2.05) is 18.2 Å². The Kier molecular flexibility index (Phi) is 7.58. The van der Waals surface area contributed by atoms with E-state index in [1.54, 1.807) is 21.1 Å². The van der Waals surface area contributed by atoms with E-state index in [2.05, 4.69) is 20.8 Å². The Hall–Kier alpha value is -2.72. The standard InChI is InChI=1S/C20H30N6O4/c1-4-30-18(27)12-26-20(23-24-25-26)19(22-15-8-6-5-7-14(15)21)13-9-10-16(28-2)17(11-13)29-3/h9-11,14-15,19,22H,4-8,12,21H2,1-3H3. The number of rotatable bonds is 9. The molecule has 2 aromatic rings. The highest BCUT2D eigenvalue weighted by Crippen LogP contribution is 2.32. The summed E-state index contributed by atoms with van der Waals surface area (Å²) >= 11 is 0. The Morgan fingerprint density at radius 2 is 2.03 bits per heavy atom. The maximum absolute atomic E-state index is 12.0. The summed E-state index contributed by atoms with van der Waals surface area (Å²) in [6.07, 6.45) is 4.16. The summed E-state index contributed by atoms with van der Waals surface area (Å²) in [5.41, 5.74) is 7.26. The van der Waals surface area contributed by atoms with Gasteiger partial charge in [0.15, 0.2) is 17.3 Å². The quantitative estimate of drug-likeness (QED) is 0.578. The van der Waals surface area contributed by atoms with Gasteiger partial charge >= 0.3 is 5.97 Å². The zero-order valence-corrected chi connectivity index (χ0v) is 17.7. The van der Waals surface area contributed by atoms with Gasteiger partial charge in [0.1, 0.15) is 6.54 Å². The number of methoxy groups -OCH3 is 2. The van der Waals surface area contributed by atoms with Crippen molar-refractivity contribution in [3.05, 3.63) is 29.6 Å². The minimum atomic E-state index is -0.397. The first-order valence-corrected chi connectivity index (χ1v) is 10.2. The summed E-state index contributed by atoms with van der Waals surface area (Å²) in [6.45, 7) is 1.99. The number of esters is 1. The molecule has 3 N–H and O–H groups in total. The highest BCUT2D eigenvalue weighted by molar-refractivity contribution is 5.69. The molecule has 0 aliphatic heterocycles. The van der Waals surface area contributed by atoms with Crippen molar-refractivity contribution in [1.82, 2.24) is 25.5 Å². The number of hydrogen-bond acceptors (Lipinski definition) is 9. The predicted molar refractivity (Wildman–Crippen MR) is 109 cm³/mol. The van der Waals surface area contributed by atoms with E-state index in [-0.39, 0.29) is 24.7 Å². The fourth-order valence-electron chi connectivity index (χ4n) is 3.79. The molecule has 1 aromatic carbocycles. The van der Waals surface area contributed by atoms with Crippen molar-refractivity contribution in [2.24, 2.45) is 5.73 Å². The normalized spacial score (nSPS) is 19.9. The lowest BCUT2D eigenvalue weighted by molar-refractivity contribution is -0.144. The van der Waals surface area contributed by atoms with E-state index < -0.39 is 5.97 Å². The van der Waals surface area contributed by atoms with Gasteiger partial charge in [-0.15, -0.1) is 5.10 Å². The van der Waals surface area contributed by atoms with Crippen molar-refractivity contribution in [2.45, 2.75) is 57.3 Å². The van der Waals surface area contributed by atoms with Crippen molar-refractivity contribution < 1.29 is 19.0 Å². The zero-order chi connectivity index (χ0) is 21.5. The van der Waals surface area contributed by atoms with Crippen LogP contribution in [0.15, 0.2) is 18.2 Å². The minimum Gasteiger partial charge on any atom is -0.493 e. The molecule has 30 heavy (non-hydrogen) atoms. The van der Waals surface area contributed by atoms with Gasteiger partial charge in [-0.25, -0.2) is 4.68 Å². The molecule has 0 spiro atoms. The van der Waals surface area contributed by atoms with E-state index in [0.717, 1.165) is 31.2 Å². The number of carbonyl (C=O) groups excluding carboxylic acids is 1. The number of aromatic nitrogens is 4. The fourth-order valence-corrected chi connectivity index (χ4v) is 3.79. The number of benzene rings is 1. The monoisotopic (exact) mass is 418 g/mol. The van der Waals surface area contributed by atoms with Gasteiger partial charge in [0.05, 0.1) is 26.9 Å². The highest BCUT2D eigenvalue weighted by Gasteiger charge is 2.30. The second-order valence-corrected chi connectivity index (χ2v) is 7.27. The van der Waals surface area contributed by atoms with Crippen LogP contribution in [0.5, 0.6) is 11.5 Å². The van der Waals surface area contributed by atoms with Gasteiger partial charge in [-0.05, 0) is 47.9 Å². The molecule has 0 bridgehead atoms. The van der Waals surface area contributed by atoms with Crippen molar-refractivity contribution in [3.8, 4) is 11.5 Å². The molecular formula is C20H30N6O4. The Balaban J connectivity index is 1.96. The number of tetrazole rings is 1. The molecule has 1 aliphatic carbocycles. The van der Waals surface area contributed by atoms with Crippen LogP contribution in [-0.4, -0.2) is 59.1 Å². The van der Waals surface area contributed by atoms with Crippen molar-refractivity contribution in [3.63, 3.8) is 0 Å². The molecule has 1 aliphatic rings. The van der Waals surface area contributed by atoms with E-state index in [9.17, 15) is 4.79 Å². The third kappa shape index (κ3) is 5.06. The van der Waals surface area contributed by atoms with Crippen molar-refractivity contribution >= 4 is 5.97 Å². The number of hydrogen-bond donors (Lipinski definition) is 2. The zero-order valence-electron chi connectivity index (χ0n) is 17.7. The maximum atomic E-state index is 12.0. The third-order valence-corrected chi connectivity index (χ3v) is 5.34. The van der Waals surface area contributed by atoms with E-state index in [1.165, 1.54) is 4.68 Å². The summed E-state index contributed by atoms with van der Waals surface area (Å²) in [4.78, 5) is 12.0. The summed E-state index contributed by atoms with van der Waals surface area (Å²) in [7, 11) is 3.18. The van der Waals surface area contributed by atoms with Crippen LogP contribution in [0.25, 0.3) is 0 Å². The molecule has 0 saturated heterocycles. The lowest BCUT2D eigenvalue weighted by Crippen LogP contribution is -2.49. The van der Waals surface area contributed by atoms with Crippen LogP contribution in [0.2, 0.25) is 0 Å². The summed E-state index contributed by atoms with van der Waals surface area (Å²) in [6, 6.07) is 5.40. The van der Waals surface area contributed by atoms with E-state index >= 15 is 0 Å². The first kappa shape index (κ1) is 22.0. The minimum absolute atomic E-state index is 0.0378. The summed E-state index contributed by atoms with van der Waals surface area (Å²) < 4.78 is 17.3. The van der Waals surface area contributed by atoms with Gasteiger partial charge in [-0.2, -0.15) is 0 Å². The van der Waals surface area contributed by atoms with Gasteiger partial charge in [0, 0.05) is 12.1 Å². The van der Waals surface area contributed by atoms with Gasteiger partial charge < -0.3 is 19.9 Å². The Morgan fingerprint density at radius 3 is 2.73 bits per heavy atom. The van der Waals surface area contributed by atoms with E-state index in [0.29, 0.717) is 23.9 Å². The SMILES string of the molecule is CCOC(=O)Cn1nnnc1C(NC1CCCCC1N)c1ccc(OC)c(OC)c1. The topological polar surface area (TPSA) is 126 Å². The second-order valence-electron chi connectivity index (χ2n) is 7.27. The molecule has 1 heterocycles.